The van der Waals surface area contributed by atoms with E-state index in [0.717, 1.165) is 31.9 Å². The number of nitrogens with zero attached hydrogens (tertiary/aromatic N) is 2. The monoisotopic (exact) mass is 462 g/mol. The van der Waals surface area contributed by atoms with Gasteiger partial charge in [0.1, 0.15) is 0 Å². The zero-order valence-corrected chi connectivity index (χ0v) is 16.9. The van der Waals surface area contributed by atoms with Gasteiger partial charge in [0.25, 0.3) is 0 Å². The Labute approximate surface area is 160 Å². The molecule has 0 bridgehead atoms. The molecule has 1 aliphatic heterocycles. The van der Waals surface area contributed by atoms with Gasteiger partial charge < -0.3 is 10.6 Å². The van der Waals surface area contributed by atoms with E-state index in [0.29, 0.717) is 18.5 Å². The second-order valence-corrected chi connectivity index (χ2v) is 6.88. The number of hydrogen-bond acceptors (Lipinski definition) is 2. The van der Waals surface area contributed by atoms with E-state index in [9.17, 15) is 13.2 Å². The fourth-order valence-electron chi connectivity index (χ4n) is 3.41. The van der Waals surface area contributed by atoms with Crippen LogP contribution in [0.15, 0.2) is 4.99 Å². The minimum atomic E-state index is -4.12. The van der Waals surface area contributed by atoms with Crippen molar-refractivity contribution in [2.45, 2.75) is 58.2 Å². The second kappa shape index (κ2) is 9.45. The fraction of sp³-hybridized carbons (Fsp3) is 0.938. The van der Waals surface area contributed by atoms with Crippen LogP contribution in [0.4, 0.5) is 13.2 Å². The van der Waals surface area contributed by atoms with Gasteiger partial charge in [-0.25, -0.2) is 0 Å². The van der Waals surface area contributed by atoms with E-state index in [2.05, 4.69) is 17.6 Å². The molecule has 0 aromatic rings. The van der Waals surface area contributed by atoms with Gasteiger partial charge in [-0.3, -0.25) is 9.89 Å². The summed E-state index contributed by atoms with van der Waals surface area (Å²) in [7, 11) is 0. The molecule has 1 heterocycles. The molecular formula is C16H30F3IN4. The summed E-state index contributed by atoms with van der Waals surface area (Å²) in [5.74, 6) is 0.742. The van der Waals surface area contributed by atoms with Crippen molar-refractivity contribution in [3.05, 3.63) is 0 Å². The fourth-order valence-corrected chi connectivity index (χ4v) is 3.41. The number of nitrogens with one attached hydrogen (secondary N) is 2. The van der Waals surface area contributed by atoms with E-state index in [1.807, 2.05) is 6.92 Å². The Morgan fingerprint density at radius 3 is 2.50 bits per heavy atom. The van der Waals surface area contributed by atoms with Gasteiger partial charge in [-0.2, -0.15) is 13.2 Å². The average Bonchev–Trinajstić information content (AvgIpc) is 2.83. The Bertz CT molecular complexity index is 405. The molecule has 142 valence electrons. The topological polar surface area (TPSA) is 39.7 Å². The first-order valence-corrected chi connectivity index (χ1v) is 8.70. The summed E-state index contributed by atoms with van der Waals surface area (Å²) in [6, 6.07) is 0.0362. The highest BCUT2D eigenvalue weighted by Gasteiger charge is 2.36. The molecule has 1 saturated heterocycles. The zero-order valence-electron chi connectivity index (χ0n) is 14.6. The molecule has 0 aromatic carbocycles. The maximum absolute atomic E-state index is 12.5. The number of rotatable bonds is 6. The Morgan fingerprint density at radius 1 is 1.29 bits per heavy atom. The molecular weight excluding hydrogens is 432 g/mol. The molecule has 2 N–H and O–H groups in total. The van der Waals surface area contributed by atoms with Crippen LogP contribution in [0.25, 0.3) is 0 Å². The summed E-state index contributed by atoms with van der Waals surface area (Å²) in [6.45, 7) is 5.85. The highest BCUT2D eigenvalue weighted by molar-refractivity contribution is 14.0. The number of likely N-dealkylation sites (tertiary alicyclic amines) is 1. The molecule has 4 nitrogen and oxygen atoms in total. The van der Waals surface area contributed by atoms with Gasteiger partial charge in [-0.1, -0.05) is 13.3 Å². The van der Waals surface area contributed by atoms with Crippen LogP contribution < -0.4 is 10.6 Å². The summed E-state index contributed by atoms with van der Waals surface area (Å²) < 4.78 is 37.4. The van der Waals surface area contributed by atoms with Crippen molar-refractivity contribution in [1.29, 1.82) is 0 Å². The minimum absolute atomic E-state index is 0. The van der Waals surface area contributed by atoms with Crippen molar-refractivity contribution < 1.29 is 13.2 Å². The molecule has 1 saturated carbocycles. The van der Waals surface area contributed by atoms with Crippen molar-refractivity contribution in [2.75, 3.05) is 32.7 Å². The summed E-state index contributed by atoms with van der Waals surface area (Å²) in [4.78, 5) is 6.15. The maximum atomic E-state index is 12.5. The van der Waals surface area contributed by atoms with E-state index >= 15 is 0 Å². The third-order valence-electron chi connectivity index (χ3n) is 5.10. The summed E-state index contributed by atoms with van der Waals surface area (Å²) >= 11 is 0. The van der Waals surface area contributed by atoms with Gasteiger partial charge in [-0.15, -0.1) is 24.0 Å². The number of guanidine groups is 1. The Kier molecular flexibility index (Phi) is 8.58. The molecule has 1 atom stereocenters. The summed E-state index contributed by atoms with van der Waals surface area (Å²) in [5, 5.41) is 6.52. The minimum Gasteiger partial charge on any atom is -0.357 e. The number of alkyl halides is 3. The predicted molar refractivity (Wildman–Crippen MR) is 102 cm³/mol. The van der Waals surface area contributed by atoms with E-state index in [4.69, 9.17) is 4.99 Å². The SMILES string of the molecule is CCNC(=NCC1(CC)CCC1)NC1CCN(CC(F)(F)F)C1.I. The standard InChI is InChI=1S/C16H29F3N4.HI/c1-3-15(7-5-8-15)11-21-14(20-4-2)22-13-6-9-23(10-13)12-16(17,18)19;/h13H,3-12H2,1-2H3,(H2,20,21,22);1H. The van der Waals surface area contributed by atoms with Gasteiger partial charge in [0.05, 0.1) is 6.54 Å². The van der Waals surface area contributed by atoms with Crippen LogP contribution in [0.1, 0.15) is 46.0 Å². The summed E-state index contributed by atoms with van der Waals surface area (Å²) in [6.07, 6.45) is 1.48. The van der Waals surface area contributed by atoms with Crippen molar-refractivity contribution in [1.82, 2.24) is 15.5 Å². The molecule has 0 spiro atoms. The van der Waals surface area contributed by atoms with Gasteiger partial charge in [0.2, 0.25) is 0 Å². The van der Waals surface area contributed by atoms with Gasteiger partial charge >= 0.3 is 6.18 Å². The quantitative estimate of drug-likeness (QED) is 0.361. The lowest BCUT2D eigenvalue weighted by Gasteiger charge is -2.40. The second-order valence-electron chi connectivity index (χ2n) is 6.88. The van der Waals surface area contributed by atoms with Crippen LogP contribution >= 0.6 is 24.0 Å². The van der Waals surface area contributed by atoms with Crippen LogP contribution in [0.2, 0.25) is 0 Å². The molecule has 0 radical (unpaired) electrons. The molecule has 2 aliphatic rings. The van der Waals surface area contributed by atoms with Gasteiger partial charge in [-0.05, 0) is 38.0 Å². The first kappa shape index (κ1) is 21.8. The Morgan fingerprint density at radius 2 is 2.00 bits per heavy atom. The van der Waals surface area contributed by atoms with Crippen LogP contribution in [0.3, 0.4) is 0 Å². The van der Waals surface area contributed by atoms with Crippen LogP contribution in [0.5, 0.6) is 0 Å². The maximum Gasteiger partial charge on any atom is 0.401 e. The van der Waals surface area contributed by atoms with E-state index in [1.165, 1.54) is 24.2 Å². The van der Waals surface area contributed by atoms with Crippen LogP contribution in [-0.2, 0) is 0 Å². The smallest absolute Gasteiger partial charge is 0.357 e. The van der Waals surface area contributed by atoms with Crippen molar-refractivity contribution >= 4 is 29.9 Å². The van der Waals surface area contributed by atoms with Crippen LogP contribution in [0, 0.1) is 5.41 Å². The highest BCUT2D eigenvalue weighted by Crippen LogP contribution is 2.43. The lowest BCUT2D eigenvalue weighted by atomic mass is 9.67. The predicted octanol–water partition coefficient (Wildman–Crippen LogP) is 3.38. The Hall–Kier alpha value is -0.250. The molecule has 2 rings (SSSR count). The molecule has 0 aromatic heterocycles. The van der Waals surface area contributed by atoms with Crippen LogP contribution in [-0.4, -0.2) is 55.8 Å². The van der Waals surface area contributed by atoms with Crippen molar-refractivity contribution in [3.63, 3.8) is 0 Å². The normalized spacial score (nSPS) is 24.2. The lowest BCUT2D eigenvalue weighted by molar-refractivity contribution is -0.143. The number of halogens is 4. The molecule has 1 unspecified atom stereocenters. The van der Waals surface area contributed by atoms with E-state index < -0.39 is 12.7 Å². The van der Waals surface area contributed by atoms with E-state index in [-0.39, 0.29) is 30.0 Å². The lowest BCUT2D eigenvalue weighted by Crippen LogP contribution is -2.46. The third-order valence-corrected chi connectivity index (χ3v) is 5.10. The number of aliphatic imine (C=N–C) groups is 1. The summed E-state index contributed by atoms with van der Waals surface area (Å²) in [5.41, 5.74) is 0.348. The first-order valence-electron chi connectivity index (χ1n) is 8.70. The molecule has 0 amide bonds. The van der Waals surface area contributed by atoms with Gasteiger partial charge in [0.15, 0.2) is 5.96 Å². The Balaban J connectivity index is 0.00000288. The van der Waals surface area contributed by atoms with E-state index in [1.54, 1.807) is 0 Å². The molecule has 1 aliphatic carbocycles. The van der Waals surface area contributed by atoms with Crippen molar-refractivity contribution in [3.8, 4) is 0 Å². The molecule has 2 fully saturated rings. The molecule has 8 heteroatoms. The number of hydrogen-bond donors (Lipinski definition) is 2. The zero-order chi connectivity index (χ0) is 16.9. The highest BCUT2D eigenvalue weighted by atomic mass is 127. The molecule has 24 heavy (non-hydrogen) atoms. The first-order chi connectivity index (χ1) is 10.9. The van der Waals surface area contributed by atoms with Crippen molar-refractivity contribution in [2.24, 2.45) is 10.4 Å². The average molecular weight is 462 g/mol. The largest absolute Gasteiger partial charge is 0.401 e. The van der Waals surface area contributed by atoms with Gasteiger partial charge in [0, 0.05) is 32.2 Å². The third kappa shape index (κ3) is 6.57.